The van der Waals surface area contributed by atoms with E-state index in [0.717, 1.165) is 12.1 Å². The molecule has 16 heavy (non-hydrogen) atoms. The predicted molar refractivity (Wildman–Crippen MR) is 63.1 cm³/mol. The van der Waals surface area contributed by atoms with Gasteiger partial charge in [0.25, 0.3) is 0 Å². The normalized spacial score (nSPS) is 10.8. The van der Waals surface area contributed by atoms with Crippen LogP contribution in [0.15, 0.2) is 12.3 Å². The van der Waals surface area contributed by atoms with E-state index in [9.17, 15) is 4.79 Å². The summed E-state index contributed by atoms with van der Waals surface area (Å²) in [4.78, 5) is 11.4. The standard InChI is InChI=1S/C11H20N4O/c1-9(2)13-8-11(16)12-6-4-10-5-7-14-15(10)3/h5,7,9,13H,4,6,8H2,1-3H3,(H,12,16). The van der Waals surface area contributed by atoms with Crippen LogP contribution in [-0.4, -0.2) is 34.8 Å². The van der Waals surface area contributed by atoms with Crippen LogP contribution in [0.4, 0.5) is 0 Å². The van der Waals surface area contributed by atoms with E-state index in [4.69, 9.17) is 0 Å². The Hall–Kier alpha value is -1.36. The maximum absolute atomic E-state index is 11.4. The molecule has 1 amide bonds. The van der Waals surface area contributed by atoms with E-state index in [1.807, 2.05) is 31.6 Å². The summed E-state index contributed by atoms with van der Waals surface area (Å²) in [5.41, 5.74) is 1.12. The second-order valence-corrected chi connectivity index (χ2v) is 4.08. The molecule has 5 nitrogen and oxygen atoms in total. The fraction of sp³-hybridized carbons (Fsp3) is 0.636. The van der Waals surface area contributed by atoms with E-state index in [1.54, 1.807) is 6.20 Å². The van der Waals surface area contributed by atoms with Gasteiger partial charge in [0.2, 0.25) is 5.91 Å². The lowest BCUT2D eigenvalue weighted by molar-refractivity contribution is -0.120. The van der Waals surface area contributed by atoms with Gasteiger partial charge in [-0.05, 0) is 6.07 Å². The second kappa shape index (κ2) is 6.27. The lowest BCUT2D eigenvalue weighted by Crippen LogP contribution is -2.37. The molecular weight excluding hydrogens is 204 g/mol. The number of carbonyl (C=O) groups excluding carboxylic acids is 1. The average molecular weight is 224 g/mol. The molecule has 0 fully saturated rings. The summed E-state index contributed by atoms with van der Waals surface area (Å²) >= 11 is 0. The number of nitrogens with zero attached hydrogens (tertiary/aromatic N) is 2. The van der Waals surface area contributed by atoms with Crippen LogP contribution < -0.4 is 10.6 Å². The molecule has 1 heterocycles. The van der Waals surface area contributed by atoms with Gasteiger partial charge in [0, 0.05) is 37.9 Å². The van der Waals surface area contributed by atoms with Crippen LogP contribution in [0.2, 0.25) is 0 Å². The molecule has 0 radical (unpaired) electrons. The number of aryl methyl sites for hydroxylation is 1. The van der Waals surface area contributed by atoms with Crippen molar-refractivity contribution in [2.45, 2.75) is 26.3 Å². The van der Waals surface area contributed by atoms with Crippen molar-refractivity contribution in [1.82, 2.24) is 20.4 Å². The minimum Gasteiger partial charge on any atom is -0.355 e. The summed E-state index contributed by atoms with van der Waals surface area (Å²) in [5, 5.41) is 10.00. The number of hydrogen-bond donors (Lipinski definition) is 2. The fourth-order valence-electron chi connectivity index (χ4n) is 1.34. The van der Waals surface area contributed by atoms with Crippen molar-refractivity contribution in [2.75, 3.05) is 13.1 Å². The Kier molecular flexibility index (Phi) is 4.98. The first-order valence-electron chi connectivity index (χ1n) is 5.56. The van der Waals surface area contributed by atoms with Gasteiger partial charge in [0.15, 0.2) is 0 Å². The summed E-state index contributed by atoms with van der Waals surface area (Å²) in [7, 11) is 1.90. The van der Waals surface area contributed by atoms with Crippen molar-refractivity contribution in [3.8, 4) is 0 Å². The lowest BCUT2D eigenvalue weighted by Gasteiger charge is -2.08. The molecule has 0 saturated heterocycles. The van der Waals surface area contributed by atoms with Gasteiger partial charge in [-0.15, -0.1) is 0 Å². The SMILES string of the molecule is CC(C)NCC(=O)NCCc1ccnn1C. The van der Waals surface area contributed by atoms with E-state index < -0.39 is 0 Å². The monoisotopic (exact) mass is 224 g/mol. The highest BCUT2D eigenvalue weighted by atomic mass is 16.1. The minimum atomic E-state index is 0.0378. The number of aromatic nitrogens is 2. The Morgan fingerprint density at radius 3 is 2.88 bits per heavy atom. The number of amides is 1. The zero-order valence-electron chi connectivity index (χ0n) is 10.2. The van der Waals surface area contributed by atoms with Gasteiger partial charge in [-0.1, -0.05) is 13.8 Å². The second-order valence-electron chi connectivity index (χ2n) is 4.08. The third kappa shape index (κ3) is 4.44. The van der Waals surface area contributed by atoms with Crippen LogP contribution in [0.5, 0.6) is 0 Å². The number of carbonyl (C=O) groups is 1. The molecule has 0 spiro atoms. The molecule has 0 bridgehead atoms. The maximum Gasteiger partial charge on any atom is 0.233 e. The van der Waals surface area contributed by atoms with Crippen molar-refractivity contribution < 1.29 is 4.79 Å². The van der Waals surface area contributed by atoms with E-state index in [2.05, 4.69) is 15.7 Å². The lowest BCUT2D eigenvalue weighted by atomic mass is 10.3. The van der Waals surface area contributed by atoms with Crippen molar-refractivity contribution in [3.63, 3.8) is 0 Å². The summed E-state index contributed by atoms with van der Waals surface area (Å²) in [5.74, 6) is 0.0378. The van der Waals surface area contributed by atoms with Crippen LogP contribution in [0.25, 0.3) is 0 Å². The molecule has 1 aromatic rings. The van der Waals surface area contributed by atoms with E-state index >= 15 is 0 Å². The molecule has 90 valence electrons. The molecule has 1 rings (SSSR count). The minimum absolute atomic E-state index is 0.0378. The van der Waals surface area contributed by atoms with Crippen LogP contribution in [0, 0.1) is 0 Å². The number of rotatable bonds is 6. The average Bonchev–Trinajstić information content (AvgIpc) is 2.61. The topological polar surface area (TPSA) is 59.0 Å². The van der Waals surface area contributed by atoms with Crippen LogP contribution in [0.1, 0.15) is 19.5 Å². The van der Waals surface area contributed by atoms with E-state index in [-0.39, 0.29) is 5.91 Å². The highest BCUT2D eigenvalue weighted by molar-refractivity contribution is 5.77. The maximum atomic E-state index is 11.4. The van der Waals surface area contributed by atoms with Crippen molar-refractivity contribution in [1.29, 1.82) is 0 Å². The molecule has 1 aromatic heterocycles. The van der Waals surface area contributed by atoms with Crippen LogP contribution in [-0.2, 0) is 18.3 Å². The van der Waals surface area contributed by atoms with Crippen molar-refractivity contribution in [2.24, 2.45) is 7.05 Å². The first-order valence-corrected chi connectivity index (χ1v) is 5.56. The zero-order valence-corrected chi connectivity index (χ0v) is 10.2. The van der Waals surface area contributed by atoms with E-state index in [1.165, 1.54) is 0 Å². The van der Waals surface area contributed by atoms with Crippen LogP contribution >= 0.6 is 0 Å². The molecule has 0 aliphatic carbocycles. The third-order valence-corrected chi connectivity index (χ3v) is 2.30. The summed E-state index contributed by atoms with van der Waals surface area (Å²) < 4.78 is 1.82. The first-order chi connectivity index (χ1) is 7.59. The van der Waals surface area contributed by atoms with Gasteiger partial charge >= 0.3 is 0 Å². The third-order valence-electron chi connectivity index (χ3n) is 2.30. The van der Waals surface area contributed by atoms with Crippen molar-refractivity contribution >= 4 is 5.91 Å². The number of hydrogen-bond acceptors (Lipinski definition) is 3. The Morgan fingerprint density at radius 1 is 1.56 bits per heavy atom. The molecule has 0 aromatic carbocycles. The summed E-state index contributed by atoms with van der Waals surface area (Å²) in [6.07, 6.45) is 2.57. The Morgan fingerprint density at radius 2 is 2.31 bits per heavy atom. The quantitative estimate of drug-likeness (QED) is 0.719. The Balaban J connectivity index is 2.16. The number of nitrogens with one attached hydrogen (secondary N) is 2. The Bertz CT molecular complexity index is 332. The van der Waals surface area contributed by atoms with Gasteiger partial charge in [0.05, 0.1) is 6.54 Å². The molecule has 0 aliphatic heterocycles. The van der Waals surface area contributed by atoms with Gasteiger partial charge in [-0.2, -0.15) is 5.10 Å². The molecule has 0 saturated carbocycles. The largest absolute Gasteiger partial charge is 0.355 e. The molecule has 0 unspecified atom stereocenters. The summed E-state index contributed by atoms with van der Waals surface area (Å²) in [6.45, 7) is 5.06. The molecule has 5 heteroatoms. The zero-order chi connectivity index (χ0) is 12.0. The molecular formula is C11H20N4O. The van der Waals surface area contributed by atoms with E-state index in [0.29, 0.717) is 19.1 Å². The summed E-state index contributed by atoms with van der Waals surface area (Å²) in [6, 6.07) is 2.29. The van der Waals surface area contributed by atoms with Gasteiger partial charge in [-0.3, -0.25) is 9.48 Å². The highest BCUT2D eigenvalue weighted by Gasteiger charge is 2.02. The highest BCUT2D eigenvalue weighted by Crippen LogP contribution is 1.95. The van der Waals surface area contributed by atoms with Crippen LogP contribution in [0.3, 0.4) is 0 Å². The molecule has 2 N–H and O–H groups in total. The fourth-order valence-corrected chi connectivity index (χ4v) is 1.34. The van der Waals surface area contributed by atoms with Gasteiger partial charge in [-0.25, -0.2) is 0 Å². The predicted octanol–water partition coefficient (Wildman–Crippen LogP) is 0.0768. The molecule has 0 aliphatic rings. The smallest absolute Gasteiger partial charge is 0.233 e. The Labute approximate surface area is 96.2 Å². The first kappa shape index (κ1) is 12.7. The van der Waals surface area contributed by atoms with Crippen molar-refractivity contribution in [3.05, 3.63) is 18.0 Å². The van der Waals surface area contributed by atoms with Gasteiger partial charge < -0.3 is 10.6 Å². The van der Waals surface area contributed by atoms with Gasteiger partial charge in [0.1, 0.15) is 0 Å². The molecule has 0 atom stereocenters.